The van der Waals surface area contributed by atoms with Gasteiger partial charge in [-0.2, -0.15) is 0 Å². The number of hydrogen-bond donors (Lipinski definition) is 0. The second-order valence-electron chi connectivity index (χ2n) is 7.63. The van der Waals surface area contributed by atoms with E-state index in [0.29, 0.717) is 28.8 Å². The summed E-state index contributed by atoms with van der Waals surface area (Å²) in [6.07, 6.45) is 0. The lowest BCUT2D eigenvalue weighted by atomic mass is 9.98. The number of para-hydroxylation sites is 1. The van der Waals surface area contributed by atoms with E-state index < -0.39 is 6.04 Å². The lowest BCUT2D eigenvalue weighted by Crippen LogP contribution is -2.29. The number of rotatable bonds is 5. The molecule has 0 radical (unpaired) electrons. The monoisotopic (exact) mass is 427 g/mol. The normalized spacial score (nSPS) is 15.1. The van der Waals surface area contributed by atoms with E-state index in [0.717, 1.165) is 16.9 Å². The van der Waals surface area contributed by atoms with Crippen molar-refractivity contribution in [3.63, 3.8) is 0 Å². The van der Waals surface area contributed by atoms with Gasteiger partial charge in [-0.1, -0.05) is 36.4 Å². The van der Waals surface area contributed by atoms with Crippen LogP contribution in [-0.4, -0.2) is 25.0 Å². The zero-order valence-corrected chi connectivity index (χ0v) is 17.7. The maximum Gasteiger partial charge on any atom is 0.291 e. The van der Waals surface area contributed by atoms with Crippen LogP contribution in [0, 0.1) is 0 Å². The third kappa shape index (κ3) is 3.21. The van der Waals surface area contributed by atoms with Gasteiger partial charge in [0.2, 0.25) is 5.76 Å². The first-order chi connectivity index (χ1) is 15.6. The molecular formula is C26H21NO5. The van der Waals surface area contributed by atoms with E-state index in [-0.39, 0.29) is 17.1 Å². The summed E-state index contributed by atoms with van der Waals surface area (Å²) >= 11 is 0. The molecule has 32 heavy (non-hydrogen) atoms. The van der Waals surface area contributed by atoms with Gasteiger partial charge < -0.3 is 18.8 Å². The van der Waals surface area contributed by atoms with Crippen molar-refractivity contribution < 1.29 is 18.7 Å². The Bertz CT molecular complexity index is 1360. The molecule has 1 aliphatic rings. The number of nitrogens with zero attached hydrogens (tertiary/aromatic N) is 1. The van der Waals surface area contributed by atoms with Crippen LogP contribution in [0.1, 0.15) is 33.3 Å². The number of carbonyl (C=O) groups is 1. The Hall–Kier alpha value is -4.06. The molecule has 1 aromatic heterocycles. The SMILES string of the molecule is COc1ccc(CN2C(=O)c3oc4ccccc4c(=O)c3[C@H]2c2ccc(OC)cc2)cc1. The van der Waals surface area contributed by atoms with Crippen molar-refractivity contribution in [2.24, 2.45) is 0 Å². The predicted molar refractivity (Wildman–Crippen MR) is 120 cm³/mol. The number of carbonyl (C=O) groups excluding carboxylic acids is 1. The first-order valence-corrected chi connectivity index (χ1v) is 10.2. The number of ether oxygens (including phenoxy) is 2. The molecule has 5 rings (SSSR count). The van der Waals surface area contributed by atoms with Gasteiger partial charge in [-0.15, -0.1) is 0 Å². The maximum absolute atomic E-state index is 13.5. The largest absolute Gasteiger partial charge is 0.497 e. The minimum atomic E-state index is -0.564. The molecule has 3 aromatic carbocycles. The zero-order valence-electron chi connectivity index (χ0n) is 17.7. The standard InChI is InChI=1S/C26H21NO5/c1-30-18-11-7-16(8-12-18)15-27-23(17-9-13-19(31-2)14-10-17)22-24(28)20-5-3-4-6-21(20)32-25(22)26(27)29/h3-14,23H,15H2,1-2H3/t23-/m1/s1. The molecule has 4 aromatic rings. The van der Waals surface area contributed by atoms with Crippen molar-refractivity contribution in [3.05, 3.63) is 105 Å². The molecule has 0 saturated heterocycles. The Kier molecular flexibility index (Phi) is 4.90. The van der Waals surface area contributed by atoms with Gasteiger partial charge in [0.25, 0.3) is 5.91 Å². The summed E-state index contributed by atoms with van der Waals surface area (Å²) in [6, 6.07) is 21.4. The van der Waals surface area contributed by atoms with Crippen molar-refractivity contribution in [2.75, 3.05) is 14.2 Å². The van der Waals surface area contributed by atoms with E-state index >= 15 is 0 Å². The van der Waals surface area contributed by atoms with Crippen molar-refractivity contribution in [1.82, 2.24) is 4.90 Å². The van der Waals surface area contributed by atoms with Gasteiger partial charge in [0, 0.05) is 6.54 Å². The fourth-order valence-electron chi connectivity index (χ4n) is 4.19. The minimum absolute atomic E-state index is 0.100. The van der Waals surface area contributed by atoms with Crippen molar-refractivity contribution in [3.8, 4) is 11.5 Å². The molecule has 1 amide bonds. The van der Waals surface area contributed by atoms with E-state index in [4.69, 9.17) is 13.9 Å². The van der Waals surface area contributed by atoms with Gasteiger partial charge >= 0.3 is 0 Å². The summed E-state index contributed by atoms with van der Waals surface area (Å²) in [5.41, 5.74) is 2.32. The van der Waals surface area contributed by atoms with Crippen LogP contribution in [0.4, 0.5) is 0 Å². The molecule has 1 aliphatic heterocycles. The third-order valence-electron chi connectivity index (χ3n) is 5.82. The summed E-state index contributed by atoms with van der Waals surface area (Å²) in [7, 11) is 3.21. The molecule has 0 bridgehead atoms. The number of hydrogen-bond acceptors (Lipinski definition) is 5. The zero-order chi connectivity index (χ0) is 22.2. The van der Waals surface area contributed by atoms with Crippen LogP contribution in [0.25, 0.3) is 11.0 Å². The molecular weight excluding hydrogens is 406 g/mol. The lowest BCUT2D eigenvalue weighted by Gasteiger charge is -2.25. The van der Waals surface area contributed by atoms with Crippen LogP contribution in [0.15, 0.2) is 82.0 Å². The summed E-state index contributed by atoms with van der Waals surface area (Å²) < 4.78 is 16.5. The second-order valence-corrected chi connectivity index (χ2v) is 7.63. The summed E-state index contributed by atoms with van der Waals surface area (Å²) in [5.74, 6) is 1.23. The summed E-state index contributed by atoms with van der Waals surface area (Å²) in [4.78, 5) is 28.6. The fourth-order valence-corrected chi connectivity index (χ4v) is 4.19. The Morgan fingerprint density at radius 1 is 0.844 bits per heavy atom. The van der Waals surface area contributed by atoms with E-state index in [1.165, 1.54) is 0 Å². The van der Waals surface area contributed by atoms with Crippen LogP contribution in [0.2, 0.25) is 0 Å². The predicted octanol–water partition coefficient (Wildman–Crippen LogP) is 4.56. The third-order valence-corrected chi connectivity index (χ3v) is 5.82. The Balaban J connectivity index is 1.66. The Morgan fingerprint density at radius 2 is 1.47 bits per heavy atom. The van der Waals surface area contributed by atoms with Crippen LogP contribution >= 0.6 is 0 Å². The molecule has 0 N–H and O–H groups in total. The molecule has 0 unspecified atom stereocenters. The number of methoxy groups -OCH3 is 2. The van der Waals surface area contributed by atoms with Gasteiger partial charge in [-0.3, -0.25) is 9.59 Å². The molecule has 6 heteroatoms. The van der Waals surface area contributed by atoms with Gasteiger partial charge in [0.1, 0.15) is 17.1 Å². The maximum atomic E-state index is 13.5. The molecule has 6 nitrogen and oxygen atoms in total. The fraction of sp³-hybridized carbons (Fsp3) is 0.154. The lowest BCUT2D eigenvalue weighted by molar-refractivity contribution is 0.0714. The number of amides is 1. The van der Waals surface area contributed by atoms with E-state index in [1.807, 2.05) is 48.5 Å². The highest BCUT2D eigenvalue weighted by atomic mass is 16.5. The molecule has 160 valence electrons. The molecule has 0 spiro atoms. The summed E-state index contributed by atoms with van der Waals surface area (Å²) in [5, 5.41) is 0.462. The Labute approximate surface area is 184 Å². The average Bonchev–Trinajstić information content (AvgIpc) is 3.11. The second kappa shape index (κ2) is 7.89. The molecule has 0 aliphatic carbocycles. The number of benzene rings is 3. The molecule has 1 atom stereocenters. The van der Waals surface area contributed by atoms with Crippen LogP contribution in [0.3, 0.4) is 0 Å². The van der Waals surface area contributed by atoms with Gasteiger partial charge in [-0.25, -0.2) is 0 Å². The minimum Gasteiger partial charge on any atom is -0.497 e. The Morgan fingerprint density at radius 3 is 2.12 bits per heavy atom. The van der Waals surface area contributed by atoms with Gasteiger partial charge in [0.15, 0.2) is 5.43 Å². The highest BCUT2D eigenvalue weighted by Crippen LogP contribution is 2.39. The van der Waals surface area contributed by atoms with Crippen molar-refractivity contribution in [1.29, 1.82) is 0 Å². The first kappa shape index (κ1) is 19.9. The van der Waals surface area contributed by atoms with E-state index in [2.05, 4.69) is 0 Å². The quantitative estimate of drug-likeness (QED) is 0.467. The highest BCUT2D eigenvalue weighted by Gasteiger charge is 2.42. The van der Waals surface area contributed by atoms with Crippen molar-refractivity contribution in [2.45, 2.75) is 12.6 Å². The van der Waals surface area contributed by atoms with Gasteiger partial charge in [-0.05, 0) is 47.5 Å². The van der Waals surface area contributed by atoms with E-state index in [9.17, 15) is 9.59 Å². The van der Waals surface area contributed by atoms with Crippen molar-refractivity contribution >= 4 is 16.9 Å². The van der Waals surface area contributed by atoms with Gasteiger partial charge in [0.05, 0.1) is 31.2 Å². The molecule has 0 fully saturated rings. The topological polar surface area (TPSA) is 69.0 Å². The van der Waals surface area contributed by atoms with Crippen LogP contribution in [-0.2, 0) is 6.54 Å². The van der Waals surface area contributed by atoms with E-state index in [1.54, 1.807) is 43.4 Å². The first-order valence-electron chi connectivity index (χ1n) is 10.2. The molecule has 2 heterocycles. The smallest absolute Gasteiger partial charge is 0.291 e. The summed E-state index contributed by atoms with van der Waals surface area (Å²) in [6.45, 7) is 0.319. The van der Waals surface area contributed by atoms with Crippen LogP contribution < -0.4 is 14.9 Å². The number of fused-ring (bicyclic) bond motifs is 2. The van der Waals surface area contributed by atoms with Crippen LogP contribution in [0.5, 0.6) is 11.5 Å². The average molecular weight is 427 g/mol. The highest BCUT2D eigenvalue weighted by molar-refractivity contribution is 5.99. The molecule has 0 saturated carbocycles.